The van der Waals surface area contributed by atoms with Gasteiger partial charge in [-0.25, -0.2) is 28.1 Å². The van der Waals surface area contributed by atoms with Crippen molar-refractivity contribution < 1.29 is 0 Å². The third kappa shape index (κ3) is 1.54. The van der Waals surface area contributed by atoms with Gasteiger partial charge in [0.15, 0.2) is 0 Å². The summed E-state index contributed by atoms with van der Waals surface area (Å²) in [6.45, 7) is 0. The quantitative estimate of drug-likeness (QED) is 0.609. The van der Waals surface area contributed by atoms with E-state index in [2.05, 4.69) is 0 Å². The van der Waals surface area contributed by atoms with E-state index < -0.39 is 17.1 Å². The first kappa shape index (κ1) is 10.8. The van der Waals surface area contributed by atoms with Crippen molar-refractivity contribution in [2.45, 2.75) is 5.88 Å². The molecule has 0 radical (unpaired) electrons. The SMILES string of the molecule is CSCn1c(=O)n(C)c(=O)n(C)c1=O. The molecule has 0 aliphatic carbocycles. The lowest BCUT2D eigenvalue weighted by Gasteiger charge is -2.06. The van der Waals surface area contributed by atoms with Crippen molar-refractivity contribution in [3.05, 3.63) is 31.5 Å². The Balaban J connectivity index is 3.70. The lowest BCUT2D eigenvalue weighted by Crippen LogP contribution is -2.52. The van der Waals surface area contributed by atoms with Gasteiger partial charge in [-0.15, -0.1) is 11.8 Å². The van der Waals surface area contributed by atoms with E-state index in [-0.39, 0.29) is 5.88 Å². The van der Waals surface area contributed by atoms with Gasteiger partial charge in [0.05, 0.1) is 5.88 Å². The first-order chi connectivity index (χ1) is 6.50. The van der Waals surface area contributed by atoms with Crippen LogP contribution in [-0.4, -0.2) is 20.0 Å². The van der Waals surface area contributed by atoms with E-state index in [0.717, 1.165) is 13.7 Å². The van der Waals surface area contributed by atoms with Crippen LogP contribution < -0.4 is 17.1 Å². The highest BCUT2D eigenvalue weighted by Gasteiger charge is 2.08. The topological polar surface area (TPSA) is 66.0 Å². The Bertz CT molecular complexity index is 470. The molecule has 0 aliphatic heterocycles. The van der Waals surface area contributed by atoms with Crippen molar-refractivity contribution >= 4 is 11.8 Å². The molecule has 1 heterocycles. The molecule has 0 saturated carbocycles. The van der Waals surface area contributed by atoms with Crippen LogP contribution in [0.4, 0.5) is 0 Å². The third-order valence-electron chi connectivity index (χ3n) is 1.87. The Morgan fingerprint density at radius 2 is 1.43 bits per heavy atom. The van der Waals surface area contributed by atoms with Gasteiger partial charge >= 0.3 is 17.1 Å². The van der Waals surface area contributed by atoms with E-state index >= 15 is 0 Å². The Hall–Kier alpha value is -1.24. The number of nitrogens with zero attached hydrogens (tertiary/aromatic N) is 3. The van der Waals surface area contributed by atoms with E-state index in [0.29, 0.717) is 0 Å². The summed E-state index contributed by atoms with van der Waals surface area (Å²) in [6.07, 6.45) is 1.77. The second kappa shape index (κ2) is 3.87. The average molecular weight is 217 g/mol. The van der Waals surface area contributed by atoms with E-state index in [1.54, 1.807) is 6.26 Å². The molecule has 1 aromatic rings. The number of rotatable bonds is 2. The fourth-order valence-corrected chi connectivity index (χ4v) is 1.55. The van der Waals surface area contributed by atoms with Crippen molar-refractivity contribution in [2.24, 2.45) is 14.1 Å². The van der Waals surface area contributed by atoms with Crippen LogP contribution in [0.5, 0.6) is 0 Å². The molecule has 0 saturated heterocycles. The van der Waals surface area contributed by atoms with Crippen LogP contribution in [0, 0.1) is 0 Å². The van der Waals surface area contributed by atoms with Crippen molar-refractivity contribution in [1.82, 2.24) is 13.7 Å². The third-order valence-corrected chi connectivity index (χ3v) is 2.38. The van der Waals surface area contributed by atoms with Crippen molar-refractivity contribution in [3.63, 3.8) is 0 Å². The smallest absolute Gasteiger partial charge is 0.248 e. The monoisotopic (exact) mass is 217 g/mol. The highest BCUT2D eigenvalue weighted by atomic mass is 32.2. The summed E-state index contributed by atoms with van der Waals surface area (Å²) in [5, 5.41) is 0. The first-order valence-corrected chi connectivity index (χ1v) is 5.26. The second-order valence-electron chi connectivity index (χ2n) is 2.81. The molecule has 6 nitrogen and oxygen atoms in total. The number of thioether (sulfide) groups is 1. The maximum atomic E-state index is 11.5. The molecule has 78 valence electrons. The van der Waals surface area contributed by atoms with Crippen LogP contribution in [0.15, 0.2) is 14.4 Å². The van der Waals surface area contributed by atoms with Crippen LogP contribution in [-0.2, 0) is 20.0 Å². The summed E-state index contributed by atoms with van der Waals surface area (Å²) in [7, 11) is 2.70. The first-order valence-electron chi connectivity index (χ1n) is 3.86. The Kier molecular flexibility index (Phi) is 3.00. The maximum absolute atomic E-state index is 11.5. The minimum atomic E-state index is -0.600. The van der Waals surface area contributed by atoms with Gasteiger partial charge in [0.2, 0.25) is 0 Å². The van der Waals surface area contributed by atoms with Gasteiger partial charge in [-0.1, -0.05) is 0 Å². The summed E-state index contributed by atoms with van der Waals surface area (Å²) in [5.41, 5.74) is -1.75. The van der Waals surface area contributed by atoms with Crippen molar-refractivity contribution in [1.29, 1.82) is 0 Å². The summed E-state index contributed by atoms with van der Waals surface area (Å²) in [4.78, 5) is 34.2. The van der Waals surface area contributed by atoms with Crippen LogP contribution in [0.3, 0.4) is 0 Å². The van der Waals surface area contributed by atoms with Crippen LogP contribution in [0.2, 0.25) is 0 Å². The summed E-state index contributed by atoms with van der Waals surface area (Å²) in [6, 6.07) is 0. The lowest BCUT2D eigenvalue weighted by molar-refractivity contribution is 0.547. The standard InChI is InChI=1S/C7H11N3O3S/c1-8-5(11)9(2)7(13)10(4-14-3)6(8)12/h4H2,1-3H3. The van der Waals surface area contributed by atoms with E-state index in [9.17, 15) is 14.4 Å². The predicted octanol–water partition coefficient (Wildman–Crippen LogP) is -1.43. The molecule has 0 aliphatic rings. The summed E-state index contributed by atoms with van der Waals surface area (Å²) in [5.74, 6) is 0.250. The molecule has 0 unspecified atom stereocenters. The summed E-state index contributed by atoms with van der Waals surface area (Å²) < 4.78 is 2.85. The predicted molar refractivity (Wildman–Crippen MR) is 54.7 cm³/mol. The van der Waals surface area contributed by atoms with Crippen LogP contribution in [0.25, 0.3) is 0 Å². The maximum Gasteiger partial charge on any atom is 0.336 e. The second-order valence-corrected chi connectivity index (χ2v) is 3.65. The molecule has 0 bridgehead atoms. The van der Waals surface area contributed by atoms with Crippen molar-refractivity contribution in [3.8, 4) is 0 Å². The van der Waals surface area contributed by atoms with Crippen LogP contribution in [0.1, 0.15) is 0 Å². The zero-order valence-corrected chi connectivity index (χ0v) is 9.00. The Morgan fingerprint density at radius 3 is 1.79 bits per heavy atom. The molecule has 0 atom stereocenters. The minimum Gasteiger partial charge on any atom is -0.248 e. The highest BCUT2D eigenvalue weighted by molar-refractivity contribution is 7.97. The number of aromatic nitrogens is 3. The van der Waals surface area contributed by atoms with Crippen LogP contribution >= 0.6 is 11.8 Å². The van der Waals surface area contributed by atoms with E-state index in [4.69, 9.17) is 0 Å². The highest BCUT2D eigenvalue weighted by Crippen LogP contribution is 1.90. The molecule has 0 amide bonds. The van der Waals surface area contributed by atoms with Gasteiger partial charge in [0, 0.05) is 14.1 Å². The summed E-state index contributed by atoms with van der Waals surface area (Å²) >= 11 is 1.34. The average Bonchev–Trinajstić information content (AvgIpc) is 2.19. The van der Waals surface area contributed by atoms with E-state index in [1.165, 1.54) is 25.9 Å². The molecule has 0 N–H and O–H groups in total. The number of hydrogen-bond donors (Lipinski definition) is 0. The molecule has 0 aromatic carbocycles. The minimum absolute atomic E-state index is 0.250. The van der Waals surface area contributed by atoms with E-state index in [1.807, 2.05) is 0 Å². The molecule has 7 heteroatoms. The fraction of sp³-hybridized carbons (Fsp3) is 0.571. The van der Waals surface area contributed by atoms with Gasteiger partial charge in [0.25, 0.3) is 0 Å². The fourth-order valence-electron chi connectivity index (χ4n) is 1.07. The van der Waals surface area contributed by atoms with Gasteiger partial charge in [0.1, 0.15) is 0 Å². The molecule has 1 rings (SSSR count). The van der Waals surface area contributed by atoms with Gasteiger partial charge in [-0.05, 0) is 6.26 Å². The Morgan fingerprint density at radius 1 is 1.00 bits per heavy atom. The van der Waals surface area contributed by atoms with Gasteiger partial charge < -0.3 is 0 Å². The zero-order valence-electron chi connectivity index (χ0n) is 8.18. The van der Waals surface area contributed by atoms with Crippen molar-refractivity contribution in [2.75, 3.05) is 6.26 Å². The van der Waals surface area contributed by atoms with Gasteiger partial charge in [-0.2, -0.15) is 0 Å². The Labute approximate surface area is 83.8 Å². The molecule has 1 aromatic heterocycles. The molecular formula is C7H11N3O3S. The normalized spacial score (nSPS) is 10.5. The molecule has 0 fully saturated rings. The molecular weight excluding hydrogens is 206 g/mol. The molecule has 14 heavy (non-hydrogen) atoms. The largest absolute Gasteiger partial charge is 0.336 e. The lowest BCUT2D eigenvalue weighted by atomic mass is 10.8. The zero-order chi connectivity index (χ0) is 10.9. The number of hydrogen-bond acceptors (Lipinski definition) is 4. The molecule has 0 spiro atoms. The van der Waals surface area contributed by atoms with Gasteiger partial charge in [-0.3, -0.25) is 0 Å².